The van der Waals surface area contributed by atoms with E-state index in [1.165, 1.54) is 32.1 Å². The molecule has 0 aromatic rings. The number of carbonyl (C=O) groups is 1. The second-order valence-corrected chi connectivity index (χ2v) is 7.73. The fraction of sp³-hybridized carbons (Fsp3) is 0.944. The van der Waals surface area contributed by atoms with Gasteiger partial charge in [0.1, 0.15) is 5.60 Å². The SMILES string of the molecule is CCCN(CCNC1CCCC(C)CC1)C(=O)OC(C)(C)C. The van der Waals surface area contributed by atoms with Crippen LogP contribution in [0.5, 0.6) is 0 Å². The van der Waals surface area contributed by atoms with Crippen LogP contribution >= 0.6 is 0 Å². The molecule has 4 nitrogen and oxygen atoms in total. The van der Waals surface area contributed by atoms with Crippen molar-refractivity contribution >= 4 is 6.09 Å². The van der Waals surface area contributed by atoms with Crippen LogP contribution in [0.2, 0.25) is 0 Å². The van der Waals surface area contributed by atoms with E-state index in [1.54, 1.807) is 0 Å². The number of hydrogen-bond acceptors (Lipinski definition) is 3. The van der Waals surface area contributed by atoms with Crippen molar-refractivity contribution in [3.63, 3.8) is 0 Å². The third kappa shape index (κ3) is 8.02. The van der Waals surface area contributed by atoms with Gasteiger partial charge in [-0.25, -0.2) is 4.79 Å². The summed E-state index contributed by atoms with van der Waals surface area (Å²) in [6.45, 7) is 12.6. The molecule has 130 valence electrons. The van der Waals surface area contributed by atoms with Gasteiger partial charge in [0.25, 0.3) is 0 Å². The van der Waals surface area contributed by atoms with Gasteiger partial charge in [-0.05, 0) is 52.4 Å². The molecule has 1 aliphatic carbocycles. The minimum Gasteiger partial charge on any atom is -0.444 e. The summed E-state index contributed by atoms with van der Waals surface area (Å²) in [6.07, 6.45) is 7.31. The lowest BCUT2D eigenvalue weighted by Crippen LogP contribution is -2.42. The van der Waals surface area contributed by atoms with Crippen LogP contribution in [-0.2, 0) is 4.74 Å². The molecule has 0 heterocycles. The number of amides is 1. The molecule has 1 saturated carbocycles. The minimum atomic E-state index is -0.423. The van der Waals surface area contributed by atoms with Crippen LogP contribution in [0.4, 0.5) is 4.79 Å². The number of nitrogens with zero attached hydrogens (tertiary/aromatic N) is 1. The van der Waals surface area contributed by atoms with Crippen LogP contribution < -0.4 is 5.32 Å². The first kappa shape index (κ1) is 19.3. The van der Waals surface area contributed by atoms with Gasteiger partial charge in [0, 0.05) is 25.7 Å². The first-order valence-corrected chi connectivity index (χ1v) is 9.03. The van der Waals surface area contributed by atoms with Gasteiger partial charge in [-0.3, -0.25) is 0 Å². The Labute approximate surface area is 137 Å². The Hall–Kier alpha value is -0.770. The molecule has 4 heteroatoms. The highest BCUT2D eigenvalue weighted by Gasteiger charge is 2.22. The van der Waals surface area contributed by atoms with Crippen molar-refractivity contribution in [3.8, 4) is 0 Å². The molecule has 1 N–H and O–H groups in total. The van der Waals surface area contributed by atoms with Crippen molar-refractivity contribution in [1.29, 1.82) is 0 Å². The maximum absolute atomic E-state index is 12.2. The molecule has 2 unspecified atom stereocenters. The lowest BCUT2D eigenvalue weighted by Gasteiger charge is -2.28. The number of rotatable bonds is 6. The van der Waals surface area contributed by atoms with E-state index in [0.29, 0.717) is 6.04 Å². The Morgan fingerprint density at radius 2 is 1.91 bits per heavy atom. The van der Waals surface area contributed by atoms with Crippen LogP contribution in [0.25, 0.3) is 0 Å². The second-order valence-electron chi connectivity index (χ2n) is 7.73. The Bertz CT molecular complexity index is 326. The first-order chi connectivity index (χ1) is 10.3. The summed E-state index contributed by atoms with van der Waals surface area (Å²) < 4.78 is 5.49. The van der Waals surface area contributed by atoms with Crippen molar-refractivity contribution in [2.24, 2.45) is 5.92 Å². The molecule has 22 heavy (non-hydrogen) atoms. The Morgan fingerprint density at radius 1 is 1.18 bits per heavy atom. The molecule has 1 rings (SSSR count). The average molecular weight is 312 g/mol. The fourth-order valence-electron chi connectivity index (χ4n) is 2.99. The van der Waals surface area contributed by atoms with Gasteiger partial charge in [-0.1, -0.05) is 26.7 Å². The molecule has 0 spiro atoms. The highest BCUT2D eigenvalue weighted by molar-refractivity contribution is 5.68. The summed E-state index contributed by atoms with van der Waals surface area (Å²) in [5.74, 6) is 0.866. The lowest BCUT2D eigenvalue weighted by molar-refractivity contribution is 0.0250. The largest absolute Gasteiger partial charge is 0.444 e. The van der Waals surface area contributed by atoms with E-state index in [0.717, 1.165) is 32.0 Å². The molecular formula is C18H36N2O2. The molecule has 0 aliphatic heterocycles. The Kier molecular flexibility index (Phi) is 8.23. The lowest BCUT2D eigenvalue weighted by atomic mass is 10.0. The van der Waals surface area contributed by atoms with Crippen molar-refractivity contribution in [3.05, 3.63) is 0 Å². The molecule has 0 bridgehead atoms. The monoisotopic (exact) mass is 312 g/mol. The predicted octanol–water partition coefficient (Wildman–Crippen LogP) is 4.19. The fourth-order valence-corrected chi connectivity index (χ4v) is 2.99. The maximum Gasteiger partial charge on any atom is 0.410 e. The molecule has 0 aromatic carbocycles. The molecule has 1 fully saturated rings. The molecule has 0 aromatic heterocycles. The molecular weight excluding hydrogens is 276 g/mol. The molecule has 0 radical (unpaired) electrons. The summed E-state index contributed by atoms with van der Waals surface area (Å²) in [5.41, 5.74) is -0.423. The van der Waals surface area contributed by atoms with E-state index < -0.39 is 5.60 Å². The molecule has 1 amide bonds. The highest BCUT2D eigenvalue weighted by atomic mass is 16.6. The number of carbonyl (C=O) groups excluding carboxylic acids is 1. The zero-order valence-electron chi connectivity index (χ0n) is 15.3. The van der Waals surface area contributed by atoms with Crippen molar-refractivity contribution < 1.29 is 9.53 Å². The maximum atomic E-state index is 12.2. The van der Waals surface area contributed by atoms with Crippen molar-refractivity contribution in [2.45, 2.75) is 84.8 Å². The quantitative estimate of drug-likeness (QED) is 0.748. The Balaban J connectivity index is 2.35. The van der Waals surface area contributed by atoms with Crippen LogP contribution in [0.3, 0.4) is 0 Å². The predicted molar refractivity (Wildman–Crippen MR) is 92.1 cm³/mol. The summed E-state index contributed by atoms with van der Waals surface area (Å²) in [5, 5.41) is 3.64. The second kappa shape index (κ2) is 9.39. The summed E-state index contributed by atoms with van der Waals surface area (Å²) in [6, 6.07) is 0.618. The van der Waals surface area contributed by atoms with E-state index in [2.05, 4.69) is 19.2 Å². The summed E-state index contributed by atoms with van der Waals surface area (Å²) in [4.78, 5) is 14.0. The van der Waals surface area contributed by atoms with E-state index in [1.807, 2.05) is 25.7 Å². The van der Waals surface area contributed by atoms with Gasteiger partial charge in [0.05, 0.1) is 0 Å². The summed E-state index contributed by atoms with van der Waals surface area (Å²) in [7, 11) is 0. The van der Waals surface area contributed by atoms with Gasteiger partial charge in [-0.2, -0.15) is 0 Å². The average Bonchev–Trinajstić information content (AvgIpc) is 2.61. The van der Waals surface area contributed by atoms with E-state index >= 15 is 0 Å². The molecule has 2 atom stereocenters. The van der Waals surface area contributed by atoms with Crippen LogP contribution in [0.15, 0.2) is 0 Å². The Morgan fingerprint density at radius 3 is 2.55 bits per heavy atom. The van der Waals surface area contributed by atoms with Gasteiger partial charge in [0.2, 0.25) is 0 Å². The number of nitrogens with one attached hydrogen (secondary N) is 1. The summed E-state index contributed by atoms with van der Waals surface area (Å²) >= 11 is 0. The van der Waals surface area contributed by atoms with Crippen molar-refractivity contribution in [2.75, 3.05) is 19.6 Å². The van der Waals surface area contributed by atoms with Gasteiger partial charge < -0.3 is 15.0 Å². The smallest absolute Gasteiger partial charge is 0.410 e. The van der Waals surface area contributed by atoms with Gasteiger partial charge in [-0.15, -0.1) is 0 Å². The van der Waals surface area contributed by atoms with E-state index in [-0.39, 0.29) is 6.09 Å². The standard InChI is InChI=1S/C18H36N2O2/c1-6-13-20(17(21)22-18(3,4)5)14-12-19-16-9-7-8-15(2)10-11-16/h15-16,19H,6-14H2,1-5H3. The normalized spacial score (nSPS) is 23.0. The number of ether oxygens (including phenoxy) is 1. The third-order valence-electron chi connectivity index (χ3n) is 4.22. The topological polar surface area (TPSA) is 41.6 Å². The molecule has 1 aliphatic rings. The minimum absolute atomic E-state index is 0.189. The van der Waals surface area contributed by atoms with E-state index in [9.17, 15) is 4.79 Å². The van der Waals surface area contributed by atoms with Gasteiger partial charge >= 0.3 is 6.09 Å². The number of hydrogen-bond donors (Lipinski definition) is 1. The highest BCUT2D eigenvalue weighted by Crippen LogP contribution is 2.22. The third-order valence-corrected chi connectivity index (χ3v) is 4.22. The van der Waals surface area contributed by atoms with Gasteiger partial charge in [0.15, 0.2) is 0 Å². The zero-order valence-corrected chi connectivity index (χ0v) is 15.3. The van der Waals surface area contributed by atoms with Crippen LogP contribution in [0.1, 0.15) is 73.1 Å². The zero-order chi connectivity index (χ0) is 16.6. The van der Waals surface area contributed by atoms with E-state index in [4.69, 9.17) is 4.74 Å². The van der Waals surface area contributed by atoms with Crippen LogP contribution in [-0.4, -0.2) is 42.3 Å². The molecule has 0 saturated heterocycles. The van der Waals surface area contributed by atoms with Crippen LogP contribution in [0, 0.1) is 5.92 Å². The van der Waals surface area contributed by atoms with Crippen molar-refractivity contribution in [1.82, 2.24) is 10.2 Å². The first-order valence-electron chi connectivity index (χ1n) is 9.03.